The minimum absolute atomic E-state index is 0.143. The molecule has 172 valence electrons. The lowest BCUT2D eigenvalue weighted by molar-refractivity contribution is 0.0988. The van der Waals surface area contributed by atoms with E-state index in [1.807, 2.05) is 49.5 Å². The number of amides is 1. The van der Waals surface area contributed by atoms with Crippen molar-refractivity contribution in [3.63, 3.8) is 0 Å². The predicted molar refractivity (Wildman–Crippen MR) is 127 cm³/mol. The normalized spacial score (nSPS) is 17.7. The second-order valence-electron chi connectivity index (χ2n) is 8.38. The SMILES string of the molecule is CSc1nc(N(C)C)c2c(n1)N1CCC[C@H]1CN(c1cccc(-c3nn(C)c(=O)o3)c1)C2=O. The zero-order chi connectivity index (χ0) is 23.3. The molecule has 2 aromatic heterocycles. The average Bonchev–Trinajstić information content (AvgIpc) is 3.39. The lowest BCUT2D eigenvalue weighted by Crippen LogP contribution is -2.39. The van der Waals surface area contributed by atoms with E-state index in [1.165, 1.54) is 18.8 Å². The number of hydrogen-bond donors (Lipinski definition) is 0. The highest BCUT2D eigenvalue weighted by Crippen LogP contribution is 2.38. The summed E-state index contributed by atoms with van der Waals surface area (Å²) in [6.45, 7) is 1.39. The molecule has 0 N–H and O–H groups in total. The second kappa shape index (κ2) is 8.22. The molecule has 5 rings (SSSR count). The first-order valence-electron chi connectivity index (χ1n) is 10.7. The largest absolute Gasteiger partial charge is 0.437 e. The third-order valence-corrected chi connectivity index (χ3v) is 6.60. The van der Waals surface area contributed by atoms with Crippen molar-refractivity contribution in [1.82, 2.24) is 19.7 Å². The lowest BCUT2D eigenvalue weighted by atomic mass is 10.1. The zero-order valence-electron chi connectivity index (χ0n) is 19.0. The fourth-order valence-electron chi connectivity index (χ4n) is 4.46. The van der Waals surface area contributed by atoms with E-state index in [0.717, 1.165) is 24.1 Å². The third-order valence-electron chi connectivity index (χ3n) is 6.05. The van der Waals surface area contributed by atoms with Gasteiger partial charge < -0.3 is 19.1 Å². The Labute approximate surface area is 195 Å². The number of nitrogens with zero attached hydrogens (tertiary/aromatic N) is 7. The first-order chi connectivity index (χ1) is 15.9. The molecular formula is C22H25N7O3S. The van der Waals surface area contributed by atoms with Gasteiger partial charge in [0.05, 0.1) is 0 Å². The maximum absolute atomic E-state index is 14.0. The van der Waals surface area contributed by atoms with Crippen LogP contribution in [0, 0.1) is 0 Å². The van der Waals surface area contributed by atoms with Crippen molar-refractivity contribution < 1.29 is 9.21 Å². The number of aryl methyl sites for hydroxylation is 1. The van der Waals surface area contributed by atoms with Crippen molar-refractivity contribution in [3.05, 3.63) is 40.4 Å². The van der Waals surface area contributed by atoms with Gasteiger partial charge in [0.15, 0.2) is 5.16 Å². The van der Waals surface area contributed by atoms with Crippen LogP contribution in [0.1, 0.15) is 23.2 Å². The average molecular weight is 468 g/mol. The molecule has 10 nitrogen and oxygen atoms in total. The van der Waals surface area contributed by atoms with Crippen molar-refractivity contribution in [2.24, 2.45) is 7.05 Å². The number of carbonyl (C=O) groups excluding carboxylic acids is 1. The second-order valence-corrected chi connectivity index (χ2v) is 9.15. The van der Waals surface area contributed by atoms with E-state index in [-0.39, 0.29) is 17.8 Å². The molecule has 0 radical (unpaired) electrons. The van der Waals surface area contributed by atoms with Gasteiger partial charge in [-0.2, -0.15) is 4.68 Å². The van der Waals surface area contributed by atoms with Crippen LogP contribution in [0.3, 0.4) is 0 Å². The van der Waals surface area contributed by atoms with Crippen LogP contribution in [-0.2, 0) is 7.05 Å². The number of rotatable bonds is 4. The van der Waals surface area contributed by atoms with Crippen molar-refractivity contribution in [2.75, 3.05) is 48.1 Å². The number of hydrogen-bond acceptors (Lipinski definition) is 9. The van der Waals surface area contributed by atoms with Crippen LogP contribution < -0.4 is 20.5 Å². The Balaban J connectivity index is 1.65. The van der Waals surface area contributed by atoms with Gasteiger partial charge in [-0.3, -0.25) is 4.79 Å². The number of aromatic nitrogens is 4. The van der Waals surface area contributed by atoms with E-state index in [4.69, 9.17) is 9.40 Å². The van der Waals surface area contributed by atoms with Crippen molar-refractivity contribution in [1.29, 1.82) is 0 Å². The number of thioether (sulfide) groups is 1. The highest BCUT2D eigenvalue weighted by molar-refractivity contribution is 7.98. The number of carbonyl (C=O) groups is 1. The van der Waals surface area contributed by atoms with Gasteiger partial charge in [-0.1, -0.05) is 17.8 Å². The molecule has 4 heterocycles. The van der Waals surface area contributed by atoms with Crippen molar-refractivity contribution in [3.8, 4) is 11.5 Å². The molecule has 1 amide bonds. The number of fused-ring (bicyclic) bond motifs is 3. The Morgan fingerprint density at radius 1 is 1.21 bits per heavy atom. The predicted octanol–water partition coefficient (Wildman–Crippen LogP) is 2.25. The minimum Gasteiger partial charge on any atom is -0.388 e. The summed E-state index contributed by atoms with van der Waals surface area (Å²) in [5.74, 6) is 0.861. The fourth-order valence-corrected chi connectivity index (χ4v) is 4.81. The molecule has 11 heteroatoms. The quantitative estimate of drug-likeness (QED) is 0.422. The molecule has 0 spiro atoms. The number of anilines is 3. The standard InChI is InChI=1S/C22H25N7O3S/c1-26(2)17-16-18(24-21(23-17)33-4)28-10-6-9-15(28)12-29(20(16)30)14-8-5-7-13(11-14)19-25-27(3)22(31)32-19/h5,7-8,11,15H,6,9-10,12H2,1-4H3/t15-/m0/s1. The summed E-state index contributed by atoms with van der Waals surface area (Å²) in [6.07, 6.45) is 3.96. The van der Waals surface area contributed by atoms with Crippen LogP contribution in [0.2, 0.25) is 0 Å². The van der Waals surface area contributed by atoms with Gasteiger partial charge in [-0.05, 0) is 37.3 Å². The van der Waals surface area contributed by atoms with E-state index < -0.39 is 5.76 Å². The molecule has 3 aromatic rings. The van der Waals surface area contributed by atoms with E-state index in [9.17, 15) is 9.59 Å². The first kappa shape index (κ1) is 21.5. The minimum atomic E-state index is -0.533. The summed E-state index contributed by atoms with van der Waals surface area (Å²) < 4.78 is 6.40. The lowest BCUT2D eigenvalue weighted by Gasteiger charge is -2.27. The summed E-state index contributed by atoms with van der Waals surface area (Å²) >= 11 is 1.47. The summed E-state index contributed by atoms with van der Waals surface area (Å²) in [5.41, 5.74) is 1.86. The Morgan fingerprint density at radius 2 is 2.03 bits per heavy atom. The van der Waals surface area contributed by atoms with E-state index >= 15 is 0 Å². The van der Waals surface area contributed by atoms with E-state index in [0.29, 0.717) is 40.2 Å². The Bertz CT molecular complexity index is 1290. The van der Waals surface area contributed by atoms with Gasteiger partial charge >= 0.3 is 5.76 Å². The number of benzene rings is 1. The third kappa shape index (κ3) is 3.65. The smallest absolute Gasteiger partial charge is 0.388 e. The van der Waals surface area contributed by atoms with Gasteiger partial charge in [-0.15, -0.1) is 5.10 Å². The Morgan fingerprint density at radius 3 is 2.73 bits per heavy atom. The van der Waals surface area contributed by atoms with Crippen LogP contribution in [0.25, 0.3) is 11.5 Å². The molecule has 0 aliphatic carbocycles. The molecular weight excluding hydrogens is 442 g/mol. The van der Waals surface area contributed by atoms with Crippen LogP contribution in [0.4, 0.5) is 17.3 Å². The summed E-state index contributed by atoms with van der Waals surface area (Å²) in [6, 6.07) is 7.53. The molecule has 1 saturated heterocycles. The van der Waals surface area contributed by atoms with Gasteiger partial charge in [0, 0.05) is 51.5 Å². The van der Waals surface area contributed by atoms with Crippen LogP contribution in [0.5, 0.6) is 0 Å². The highest BCUT2D eigenvalue weighted by atomic mass is 32.2. The van der Waals surface area contributed by atoms with Gasteiger partial charge in [0.2, 0.25) is 5.89 Å². The summed E-state index contributed by atoms with van der Waals surface area (Å²) in [4.78, 5) is 41.1. The van der Waals surface area contributed by atoms with Crippen LogP contribution >= 0.6 is 11.8 Å². The zero-order valence-corrected chi connectivity index (χ0v) is 19.8. The Kier molecular flexibility index (Phi) is 5.35. The summed E-state index contributed by atoms with van der Waals surface area (Å²) in [5, 5.41) is 4.80. The molecule has 33 heavy (non-hydrogen) atoms. The monoisotopic (exact) mass is 467 g/mol. The Hall–Kier alpha value is -3.34. The highest BCUT2D eigenvalue weighted by Gasteiger charge is 2.39. The van der Waals surface area contributed by atoms with Crippen LogP contribution in [0.15, 0.2) is 38.6 Å². The summed E-state index contributed by atoms with van der Waals surface area (Å²) in [7, 11) is 5.32. The van der Waals surface area contributed by atoms with Crippen molar-refractivity contribution >= 4 is 35.0 Å². The molecule has 1 fully saturated rings. The molecule has 0 unspecified atom stereocenters. The molecule has 2 aliphatic heterocycles. The van der Waals surface area contributed by atoms with Gasteiger partial charge in [-0.25, -0.2) is 14.8 Å². The first-order valence-corrected chi connectivity index (χ1v) is 12.0. The van der Waals surface area contributed by atoms with E-state index in [2.05, 4.69) is 15.0 Å². The van der Waals surface area contributed by atoms with Gasteiger partial charge in [0.1, 0.15) is 17.2 Å². The van der Waals surface area contributed by atoms with Crippen molar-refractivity contribution in [2.45, 2.75) is 24.0 Å². The molecule has 2 aliphatic rings. The topological polar surface area (TPSA) is 101 Å². The molecule has 0 bridgehead atoms. The maximum atomic E-state index is 14.0. The fraction of sp³-hybridized carbons (Fsp3) is 0.409. The molecule has 1 aromatic carbocycles. The van der Waals surface area contributed by atoms with E-state index in [1.54, 1.807) is 4.90 Å². The molecule has 0 saturated carbocycles. The molecule has 1 atom stereocenters. The van der Waals surface area contributed by atoms with Gasteiger partial charge in [0.25, 0.3) is 5.91 Å². The maximum Gasteiger partial charge on any atom is 0.437 e. The van der Waals surface area contributed by atoms with Crippen LogP contribution in [-0.4, -0.2) is 65.1 Å².